The molecule has 0 aromatic rings. The Morgan fingerprint density at radius 1 is 1.21 bits per heavy atom. The SMILES string of the molecule is C=C[C@@H]1O[C@@H]2C3=C(C)CC[C@@](O)(CC4[C@@](C)(CC[C@H]5OC[C@@]45NC)[C@@H]2O1)C3(C)C. The zero-order valence-corrected chi connectivity index (χ0v) is 18.6. The van der Waals surface area contributed by atoms with Gasteiger partial charge >= 0.3 is 0 Å². The van der Waals surface area contributed by atoms with Gasteiger partial charge in [0.1, 0.15) is 6.10 Å². The number of aliphatic hydroxyl groups is 1. The molecule has 0 aromatic carbocycles. The quantitative estimate of drug-likeness (QED) is 0.693. The molecule has 1 unspecified atom stereocenters. The van der Waals surface area contributed by atoms with Crippen LogP contribution in [0.25, 0.3) is 0 Å². The molecule has 2 N–H and O–H groups in total. The number of likely N-dealkylation sites (N-methyl/N-ethyl adjacent to an activating group) is 1. The van der Waals surface area contributed by atoms with E-state index in [0.717, 1.165) is 32.1 Å². The Labute approximate surface area is 174 Å². The molecule has 4 fully saturated rings. The lowest BCUT2D eigenvalue weighted by Gasteiger charge is -2.67. The van der Waals surface area contributed by atoms with Crippen LogP contribution in [0, 0.1) is 16.7 Å². The first kappa shape index (κ1) is 20.2. The lowest BCUT2D eigenvalue weighted by atomic mass is 9.45. The van der Waals surface area contributed by atoms with Crippen molar-refractivity contribution >= 4 is 0 Å². The lowest BCUT2D eigenvalue weighted by Crippen LogP contribution is -2.78. The van der Waals surface area contributed by atoms with Gasteiger partial charge in [-0.05, 0) is 63.6 Å². The summed E-state index contributed by atoms with van der Waals surface area (Å²) in [5.74, 6) is 0.247. The van der Waals surface area contributed by atoms with E-state index in [9.17, 15) is 5.11 Å². The minimum Gasteiger partial charge on any atom is -0.389 e. The van der Waals surface area contributed by atoms with Crippen LogP contribution >= 0.6 is 0 Å². The first-order valence-electron chi connectivity index (χ1n) is 11.3. The summed E-state index contributed by atoms with van der Waals surface area (Å²) in [6.45, 7) is 13.6. The molecule has 162 valence electrons. The highest BCUT2D eigenvalue weighted by Crippen LogP contribution is 2.64. The van der Waals surface area contributed by atoms with Crippen LogP contribution in [0.2, 0.25) is 0 Å². The summed E-state index contributed by atoms with van der Waals surface area (Å²) in [6.07, 6.45) is 5.91. The van der Waals surface area contributed by atoms with Crippen molar-refractivity contribution in [1.29, 1.82) is 0 Å². The van der Waals surface area contributed by atoms with Crippen molar-refractivity contribution in [3.63, 3.8) is 0 Å². The molecule has 5 heteroatoms. The molecule has 2 aliphatic heterocycles. The number of allylic oxidation sites excluding steroid dienone is 1. The second-order valence-electron chi connectivity index (χ2n) is 11.0. The zero-order chi connectivity index (χ0) is 20.8. The highest BCUT2D eigenvalue weighted by atomic mass is 16.7. The summed E-state index contributed by atoms with van der Waals surface area (Å²) in [6, 6.07) is 0. The molecule has 5 aliphatic rings. The van der Waals surface area contributed by atoms with E-state index in [1.807, 2.05) is 0 Å². The molecule has 5 rings (SSSR count). The first-order chi connectivity index (χ1) is 13.6. The number of hydrogen-bond donors (Lipinski definition) is 2. The topological polar surface area (TPSA) is 60.0 Å². The van der Waals surface area contributed by atoms with Crippen LogP contribution in [0.5, 0.6) is 0 Å². The second-order valence-corrected chi connectivity index (χ2v) is 11.0. The highest BCUT2D eigenvalue weighted by Gasteiger charge is 2.70. The third-order valence-corrected chi connectivity index (χ3v) is 9.64. The molecular formula is C24H37NO4. The maximum absolute atomic E-state index is 12.2. The van der Waals surface area contributed by atoms with E-state index in [1.54, 1.807) is 6.08 Å². The van der Waals surface area contributed by atoms with Crippen molar-refractivity contribution in [3.05, 3.63) is 23.8 Å². The molecule has 29 heavy (non-hydrogen) atoms. The molecule has 2 bridgehead atoms. The van der Waals surface area contributed by atoms with Crippen LogP contribution < -0.4 is 5.32 Å². The van der Waals surface area contributed by atoms with E-state index >= 15 is 0 Å². The van der Waals surface area contributed by atoms with Crippen molar-refractivity contribution < 1.29 is 19.3 Å². The lowest BCUT2D eigenvalue weighted by molar-refractivity contribution is -0.255. The third-order valence-electron chi connectivity index (χ3n) is 9.64. The van der Waals surface area contributed by atoms with Crippen molar-refractivity contribution in [2.45, 2.75) is 95.5 Å². The molecule has 3 aliphatic carbocycles. The Hall–Kier alpha value is -0.720. The molecule has 0 radical (unpaired) electrons. The van der Waals surface area contributed by atoms with Crippen LogP contribution in [0.15, 0.2) is 23.8 Å². The predicted molar refractivity (Wildman–Crippen MR) is 111 cm³/mol. The smallest absolute Gasteiger partial charge is 0.177 e. The van der Waals surface area contributed by atoms with Crippen molar-refractivity contribution in [2.24, 2.45) is 16.7 Å². The zero-order valence-electron chi connectivity index (χ0n) is 18.6. The summed E-state index contributed by atoms with van der Waals surface area (Å²) in [5.41, 5.74) is 1.26. The minimum atomic E-state index is -0.768. The highest BCUT2D eigenvalue weighted by molar-refractivity contribution is 5.36. The molecule has 0 amide bonds. The van der Waals surface area contributed by atoms with Gasteiger partial charge in [-0.2, -0.15) is 0 Å². The average Bonchev–Trinajstić information content (AvgIpc) is 3.07. The number of rotatable bonds is 2. The van der Waals surface area contributed by atoms with Crippen LogP contribution in [-0.2, 0) is 14.2 Å². The van der Waals surface area contributed by atoms with Gasteiger partial charge in [-0.15, -0.1) is 0 Å². The molecule has 5 nitrogen and oxygen atoms in total. The fourth-order valence-electron chi connectivity index (χ4n) is 7.63. The minimum absolute atomic E-state index is 0.0471. The van der Waals surface area contributed by atoms with Crippen molar-refractivity contribution in [3.8, 4) is 0 Å². The summed E-state index contributed by atoms with van der Waals surface area (Å²) in [4.78, 5) is 0. The number of ether oxygens (including phenoxy) is 3. The Morgan fingerprint density at radius 2 is 1.97 bits per heavy atom. The van der Waals surface area contributed by atoms with E-state index in [-0.39, 0.29) is 40.6 Å². The largest absolute Gasteiger partial charge is 0.389 e. The van der Waals surface area contributed by atoms with Crippen LogP contribution in [-0.4, -0.2) is 54.5 Å². The van der Waals surface area contributed by atoms with Gasteiger partial charge in [-0.25, -0.2) is 0 Å². The molecule has 2 saturated heterocycles. The van der Waals surface area contributed by atoms with E-state index in [0.29, 0.717) is 6.61 Å². The Morgan fingerprint density at radius 3 is 2.59 bits per heavy atom. The number of nitrogens with one attached hydrogen (secondary N) is 1. The van der Waals surface area contributed by atoms with Crippen LogP contribution in [0.4, 0.5) is 0 Å². The number of fused-ring (bicyclic) bond motifs is 8. The standard InChI is InChI=1S/C24H37NO4/c1-7-17-28-19-18-14(2)8-11-23(26,21(18,3)4)12-15-22(5,20(19)29-17)10-9-16-24(15,25-6)13-27-16/h7,15-17,19-20,25-26H,1,8-13H2,2-6H3/t15?,16-,17-,19-,20-,22-,23-,24-/m1/s1. The average molecular weight is 404 g/mol. The van der Waals surface area contributed by atoms with Gasteiger partial charge in [0.25, 0.3) is 0 Å². The fourth-order valence-corrected chi connectivity index (χ4v) is 7.63. The Bertz CT molecular complexity index is 758. The third kappa shape index (κ3) is 2.34. The van der Waals surface area contributed by atoms with E-state index in [1.165, 1.54) is 11.1 Å². The fraction of sp³-hybridized carbons (Fsp3) is 0.833. The summed E-state index contributed by atoms with van der Waals surface area (Å²) in [7, 11) is 2.06. The van der Waals surface area contributed by atoms with Gasteiger partial charge in [0, 0.05) is 10.8 Å². The second kappa shape index (κ2) is 6.17. The Balaban J connectivity index is 1.72. The molecule has 8 atom stereocenters. The van der Waals surface area contributed by atoms with Crippen molar-refractivity contribution in [2.75, 3.05) is 13.7 Å². The first-order valence-corrected chi connectivity index (χ1v) is 11.3. The maximum Gasteiger partial charge on any atom is 0.177 e. The molecular weight excluding hydrogens is 366 g/mol. The predicted octanol–water partition coefficient (Wildman–Crippen LogP) is 3.33. The molecule has 0 aromatic heterocycles. The normalized spacial score (nSPS) is 53.1. The molecule has 2 saturated carbocycles. The summed E-state index contributed by atoms with van der Waals surface area (Å²) >= 11 is 0. The van der Waals surface area contributed by atoms with E-state index in [2.05, 4.69) is 46.6 Å². The van der Waals surface area contributed by atoms with Gasteiger partial charge < -0.3 is 24.6 Å². The van der Waals surface area contributed by atoms with E-state index in [4.69, 9.17) is 14.2 Å². The maximum atomic E-state index is 12.2. The number of hydrogen-bond acceptors (Lipinski definition) is 5. The van der Waals surface area contributed by atoms with Gasteiger partial charge in [0.2, 0.25) is 0 Å². The van der Waals surface area contributed by atoms with Gasteiger partial charge in [0.05, 0.1) is 30.0 Å². The van der Waals surface area contributed by atoms with Crippen LogP contribution in [0.3, 0.4) is 0 Å². The van der Waals surface area contributed by atoms with E-state index < -0.39 is 11.9 Å². The Kier molecular flexibility index (Phi) is 4.29. The van der Waals surface area contributed by atoms with Gasteiger partial charge in [0.15, 0.2) is 6.29 Å². The van der Waals surface area contributed by atoms with Crippen molar-refractivity contribution in [1.82, 2.24) is 5.32 Å². The van der Waals surface area contributed by atoms with Crippen LogP contribution in [0.1, 0.15) is 59.8 Å². The summed E-state index contributed by atoms with van der Waals surface area (Å²) < 4.78 is 19.1. The molecule has 2 heterocycles. The summed E-state index contributed by atoms with van der Waals surface area (Å²) in [5, 5.41) is 15.8. The van der Waals surface area contributed by atoms with Gasteiger partial charge in [-0.1, -0.05) is 32.9 Å². The monoisotopic (exact) mass is 403 g/mol. The molecule has 0 spiro atoms. The van der Waals surface area contributed by atoms with Gasteiger partial charge in [-0.3, -0.25) is 0 Å².